The van der Waals surface area contributed by atoms with Crippen LogP contribution in [-0.4, -0.2) is 57.5 Å². The highest BCUT2D eigenvalue weighted by atomic mass is 32.2. The Morgan fingerprint density at radius 3 is 1.92 bits per heavy atom. The molecule has 2 amide bonds. The predicted molar refractivity (Wildman–Crippen MR) is 189 cm³/mol. The van der Waals surface area contributed by atoms with Crippen molar-refractivity contribution in [2.75, 3.05) is 25.1 Å². The third-order valence-electron chi connectivity index (χ3n) is 7.79. The van der Waals surface area contributed by atoms with E-state index in [2.05, 4.69) is 5.32 Å². The summed E-state index contributed by atoms with van der Waals surface area (Å²) in [6.07, 6.45) is 0.224. The molecule has 48 heavy (non-hydrogen) atoms. The number of aryl methyl sites for hydroxylation is 2. The van der Waals surface area contributed by atoms with E-state index < -0.39 is 34.1 Å². The van der Waals surface area contributed by atoms with Crippen molar-refractivity contribution in [3.63, 3.8) is 0 Å². The lowest BCUT2D eigenvalue weighted by Crippen LogP contribution is -2.56. The van der Waals surface area contributed by atoms with Crippen LogP contribution in [0.2, 0.25) is 0 Å². The van der Waals surface area contributed by atoms with Gasteiger partial charge in [-0.3, -0.25) is 13.9 Å². The molecule has 0 aliphatic heterocycles. The lowest BCUT2D eigenvalue weighted by Gasteiger charge is -2.35. The number of nitrogens with zero attached hydrogens (tertiary/aromatic N) is 2. The average Bonchev–Trinajstić information content (AvgIpc) is 3.05. The predicted octanol–water partition coefficient (Wildman–Crippen LogP) is 6.07. The summed E-state index contributed by atoms with van der Waals surface area (Å²) in [5.74, 6) is -0.186. The Morgan fingerprint density at radius 1 is 0.771 bits per heavy atom. The molecule has 10 heteroatoms. The van der Waals surface area contributed by atoms with Crippen molar-refractivity contribution < 1.29 is 27.5 Å². The maximum absolute atomic E-state index is 14.7. The van der Waals surface area contributed by atoms with E-state index in [-0.39, 0.29) is 29.5 Å². The molecule has 0 aromatic heterocycles. The number of hydrogen-bond donors (Lipinski definition) is 1. The minimum Gasteiger partial charge on any atom is -0.493 e. The zero-order chi connectivity index (χ0) is 35.1. The van der Waals surface area contributed by atoms with Crippen LogP contribution in [0.25, 0.3) is 0 Å². The van der Waals surface area contributed by atoms with Crippen LogP contribution in [0, 0.1) is 13.8 Å². The Morgan fingerprint density at radius 2 is 1.35 bits per heavy atom. The van der Waals surface area contributed by atoms with Gasteiger partial charge in [-0.25, -0.2) is 8.42 Å². The molecule has 0 fully saturated rings. The highest BCUT2D eigenvalue weighted by Gasteiger charge is 2.36. The molecule has 0 saturated carbocycles. The van der Waals surface area contributed by atoms with Gasteiger partial charge < -0.3 is 19.7 Å². The van der Waals surface area contributed by atoms with Crippen molar-refractivity contribution in [3.05, 3.63) is 119 Å². The number of hydrogen-bond acceptors (Lipinski definition) is 6. The number of methoxy groups -OCH3 is 2. The molecule has 4 rings (SSSR count). The molecular weight excluding hydrogens is 627 g/mol. The molecule has 0 unspecified atom stereocenters. The molecule has 0 heterocycles. The van der Waals surface area contributed by atoms with Gasteiger partial charge in [0.2, 0.25) is 11.8 Å². The Hall–Kier alpha value is -4.83. The van der Waals surface area contributed by atoms with E-state index in [1.165, 1.54) is 37.3 Å². The fraction of sp³-hybridized carbons (Fsp3) is 0.316. The standard InChI is InChI=1S/C38H45N3O6S/c1-27-13-17-30(18-14-27)25-40(33(37(43)39-38(3,4)5)23-29-11-9-8-10-12-29)36(42)26-41(31-19-22-34(46-6)35(24-31)47-7)48(44,45)32-20-15-28(2)16-21-32/h8-22,24,33H,23,25-26H2,1-7H3,(H,39,43)/t33-/m0/s1. The van der Waals surface area contributed by atoms with Crippen molar-refractivity contribution in [1.82, 2.24) is 10.2 Å². The van der Waals surface area contributed by atoms with Crippen LogP contribution in [0.3, 0.4) is 0 Å². The second kappa shape index (κ2) is 15.4. The summed E-state index contributed by atoms with van der Waals surface area (Å²) in [6, 6.07) is 27.3. The topological polar surface area (TPSA) is 105 Å². The van der Waals surface area contributed by atoms with E-state index in [0.717, 1.165) is 26.6 Å². The molecule has 0 bridgehead atoms. The van der Waals surface area contributed by atoms with Gasteiger partial charge in [0.15, 0.2) is 11.5 Å². The average molecular weight is 672 g/mol. The molecule has 0 aliphatic carbocycles. The SMILES string of the molecule is COc1ccc(N(CC(=O)N(Cc2ccc(C)cc2)[C@@H](Cc2ccccc2)C(=O)NC(C)(C)C)S(=O)(=O)c2ccc(C)cc2)cc1OC. The van der Waals surface area contributed by atoms with Gasteiger partial charge >= 0.3 is 0 Å². The van der Waals surface area contributed by atoms with Gasteiger partial charge in [-0.05, 0) is 70.0 Å². The second-order valence-corrected chi connectivity index (χ2v) is 14.7. The van der Waals surface area contributed by atoms with Crippen molar-refractivity contribution in [2.24, 2.45) is 0 Å². The summed E-state index contributed by atoms with van der Waals surface area (Å²) in [6.45, 7) is 8.98. The van der Waals surface area contributed by atoms with Gasteiger partial charge in [-0.2, -0.15) is 0 Å². The molecule has 0 saturated heterocycles. The van der Waals surface area contributed by atoms with Crippen LogP contribution in [0.5, 0.6) is 11.5 Å². The highest BCUT2D eigenvalue weighted by Crippen LogP contribution is 2.34. The maximum atomic E-state index is 14.7. The molecule has 0 aliphatic rings. The van der Waals surface area contributed by atoms with E-state index in [1.54, 1.807) is 24.3 Å². The third kappa shape index (κ3) is 9.16. The molecule has 254 valence electrons. The van der Waals surface area contributed by atoms with E-state index in [0.29, 0.717) is 11.5 Å². The number of benzene rings is 4. The van der Waals surface area contributed by atoms with Gasteiger partial charge in [-0.1, -0.05) is 77.9 Å². The molecular formula is C38H45N3O6S. The van der Waals surface area contributed by atoms with E-state index in [4.69, 9.17) is 9.47 Å². The highest BCUT2D eigenvalue weighted by molar-refractivity contribution is 7.92. The fourth-order valence-corrected chi connectivity index (χ4v) is 6.65. The molecule has 0 radical (unpaired) electrons. The first-order valence-electron chi connectivity index (χ1n) is 15.7. The van der Waals surface area contributed by atoms with Crippen molar-refractivity contribution >= 4 is 27.5 Å². The van der Waals surface area contributed by atoms with Crippen molar-refractivity contribution in [1.29, 1.82) is 0 Å². The number of sulfonamides is 1. The minimum atomic E-state index is -4.27. The summed E-state index contributed by atoms with van der Waals surface area (Å²) in [7, 11) is -1.33. The Labute approximate surface area is 284 Å². The Balaban J connectivity index is 1.85. The van der Waals surface area contributed by atoms with Gasteiger partial charge in [0, 0.05) is 24.6 Å². The zero-order valence-electron chi connectivity index (χ0n) is 28.7. The molecule has 1 atom stereocenters. The second-order valence-electron chi connectivity index (χ2n) is 12.8. The van der Waals surface area contributed by atoms with Crippen LogP contribution in [0.4, 0.5) is 5.69 Å². The number of amides is 2. The Kier molecular flexibility index (Phi) is 11.5. The molecule has 9 nitrogen and oxygen atoms in total. The lowest BCUT2D eigenvalue weighted by atomic mass is 10.0. The summed E-state index contributed by atoms with van der Waals surface area (Å²) in [5, 5.41) is 3.05. The van der Waals surface area contributed by atoms with Crippen LogP contribution < -0.4 is 19.1 Å². The van der Waals surface area contributed by atoms with Crippen LogP contribution in [0.15, 0.2) is 102 Å². The van der Waals surface area contributed by atoms with E-state index in [9.17, 15) is 18.0 Å². The van der Waals surface area contributed by atoms with Gasteiger partial charge in [0.1, 0.15) is 12.6 Å². The first kappa shape index (κ1) is 36.0. The number of rotatable bonds is 13. The number of carbonyl (C=O) groups is 2. The number of anilines is 1. The van der Waals surface area contributed by atoms with E-state index in [1.807, 2.05) is 89.2 Å². The summed E-state index contributed by atoms with van der Waals surface area (Å²) >= 11 is 0. The quantitative estimate of drug-likeness (QED) is 0.185. The van der Waals surface area contributed by atoms with Crippen molar-refractivity contribution in [2.45, 2.75) is 64.1 Å². The van der Waals surface area contributed by atoms with Gasteiger partial charge in [0.25, 0.3) is 10.0 Å². The summed E-state index contributed by atoms with van der Waals surface area (Å²) in [4.78, 5) is 30.2. The van der Waals surface area contributed by atoms with Crippen LogP contribution in [-0.2, 0) is 32.6 Å². The van der Waals surface area contributed by atoms with Gasteiger partial charge in [0.05, 0.1) is 24.8 Å². The van der Waals surface area contributed by atoms with Crippen molar-refractivity contribution in [3.8, 4) is 11.5 Å². The number of nitrogens with one attached hydrogen (secondary N) is 1. The summed E-state index contributed by atoms with van der Waals surface area (Å²) in [5.41, 5.74) is 3.22. The summed E-state index contributed by atoms with van der Waals surface area (Å²) < 4.78 is 40.6. The maximum Gasteiger partial charge on any atom is 0.264 e. The lowest BCUT2D eigenvalue weighted by molar-refractivity contribution is -0.140. The minimum absolute atomic E-state index is 0.0204. The normalized spacial score (nSPS) is 12.1. The third-order valence-corrected chi connectivity index (χ3v) is 9.57. The number of carbonyl (C=O) groups excluding carboxylic acids is 2. The molecule has 0 spiro atoms. The first-order chi connectivity index (χ1) is 22.7. The largest absolute Gasteiger partial charge is 0.493 e. The number of ether oxygens (including phenoxy) is 2. The fourth-order valence-electron chi connectivity index (χ4n) is 5.24. The smallest absolute Gasteiger partial charge is 0.264 e. The zero-order valence-corrected chi connectivity index (χ0v) is 29.5. The van der Waals surface area contributed by atoms with Crippen LogP contribution >= 0.6 is 0 Å². The van der Waals surface area contributed by atoms with Gasteiger partial charge in [-0.15, -0.1) is 0 Å². The molecule has 4 aromatic carbocycles. The molecule has 4 aromatic rings. The Bertz CT molecular complexity index is 1800. The molecule has 1 N–H and O–H groups in total. The van der Waals surface area contributed by atoms with Crippen LogP contribution in [0.1, 0.15) is 43.0 Å². The van der Waals surface area contributed by atoms with E-state index >= 15 is 0 Å². The monoisotopic (exact) mass is 671 g/mol. The first-order valence-corrected chi connectivity index (χ1v) is 17.2.